The highest BCUT2D eigenvalue weighted by Crippen LogP contribution is 2.26. The van der Waals surface area contributed by atoms with Crippen molar-refractivity contribution >= 4 is 23.6 Å². The highest BCUT2D eigenvalue weighted by Gasteiger charge is 2.23. The van der Waals surface area contributed by atoms with E-state index in [1.165, 1.54) is 5.56 Å². The minimum absolute atomic E-state index is 0.558. The van der Waals surface area contributed by atoms with E-state index in [0.29, 0.717) is 12.2 Å². The number of nitrogens with zero attached hydrogens (tertiary/aromatic N) is 5. The van der Waals surface area contributed by atoms with Gasteiger partial charge in [-0.25, -0.2) is 19.6 Å². The molecule has 1 aromatic carbocycles. The number of imidazole rings is 1. The largest absolute Gasteiger partial charge is 0.478 e. The summed E-state index contributed by atoms with van der Waals surface area (Å²) in [5, 5.41) is 15.6. The Kier molecular flexibility index (Phi) is 6.40. The molecule has 152 valence electrons. The van der Waals surface area contributed by atoms with Gasteiger partial charge in [-0.3, -0.25) is 4.57 Å². The van der Waals surface area contributed by atoms with Gasteiger partial charge in [0.05, 0.1) is 5.69 Å². The van der Waals surface area contributed by atoms with E-state index < -0.39 is 11.9 Å². The summed E-state index contributed by atoms with van der Waals surface area (Å²) in [6.45, 7) is 4.17. The molecule has 0 bridgehead atoms. The molecule has 4 rings (SSSR count). The lowest BCUT2D eigenvalue weighted by Crippen LogP contribution is -2.49. The number of para-hydroxylation sites is 1. The van der Waals surface area contributed by atoms with Crippen LogP contribution in [0.15, 0.2) is 53.8 Å². The molecule has 2 aliphatic heterocycles. The molecule has 9 heteroatoms. The molecule has 2 aromatic rings. The minimum Gasteiger partial charge on any atom is -0.478 e. The SMILES string of the molecule is CN1CCN(C2=Nc3ccccc3Cc3nccn32)CC1.O=C(O)/C=C\C(=O)O. The molecule has 0 amide bonds. The maximum atomic E-state index is 9.55. The van der Waals surface area contributed by atoms with Gasteiger partial charge < -0.3 is 20.0 Å². The molecule has 1 aromatic heterocycles. The molecule has 9 nitrogen and oxygen atoms in total. The van der Waals surface area contributed by atoms with Crippen LogP contribution in [-0.2, 0) is 16.0 Å². The Morgan fingerprint density at radius 2 is 1.69 bits per heavy atom. The van der Waals surface area contributed by atoms with Gasteiger partial charge in [0.1, 0.15) is 5.82 Å². The van der Waals surface area contributed by atoms with E-state index in [1.54, 1.807) is 0 Å². The van der Waals surface area contributed by atoms with E-state index in [1.807, 2.05) is 12.4 Å². The molecule has 1 saturated heterocycles. The second-order valence-corrected chi connectivity index (χ2v) is 6.73. The number of rotatable bonds is 2. The zero-order valence-corrected chi connectivity index (χ0v) is 16.1. The molecular formula is C20H23N5O4. The van der Waals surface area contributed by atoms with E-state index in [0.717, 1.165) is 50.1 Å². The lowest BCUT2D eigenvalue weighted by molar-refractivity contribution is -0.134. The van der Waals surface area contributed by atoms with Crippen molar-refractivity contribution in [1.82, 2.24) is 19.4 Å². The van der Waals surface area contributed by atoms with E-state index in [-0.39, 0.29) is 0 Å². The quantitative estimate of drug-likeness (QED) is 0.735. The maximum absolute atomic E-state index is 9.55. The van der Waals surface area contributed by atoms with Gasteiger partial charge in [-0.1, -0.05) is 18.2 Å². The number of carboxylic acids is 2. The standard InChI is InChI=1S/C16H19N5.C4H4O4/c1-19-8-10-20(11-9-19)16-18-14-5-3-2-4-13(14)12-15-17-6-7-21(15)16;5-3(6)1-2-4(7)8/h2-7H,8-12H2,1H3;1-2H,(H,5,6)(H,7,8)/b;2-1-. The van der Waals surface area contributed by atoms with E-state index in [2.05, 4.69) is 50.7 Å². The zero-order valence-electron chi connectivity index (χ0n) is 16.1. The Hall–Kier alpha value is -3.46. The predicted octanol–water partition coefficient (Wildman–Crippen LogP) is 1.28. The smallest absolute Gasteiger partial charge is 0.328 e. The third-order valence-electron chi connectivity index (χ3n) is 4.65. The summed E-state index contributed by atoms with van der Waals surface area (Å²) in [6.07, 6.45) is 5.85. The Bertz CT molecular complexity index is 926. The fraction of sp³-hybridized carbons (Fsp3) is 0.300. The lowest BCUT2D eigenvalue weighted by Gasteiger charge is -2.34. The average Bonchev–Trinajstić information content (AvgIpc) is 3.09. The van der Waals surface area contributed by atoms with Crippen LogP contribution in [0.4, 0.5) is 5.69 Å². The predicted molar refractivity (Wildman–Crippen MR) is 107 cm³/mol. The van der Waals surface area contributed by atoms with Gasteiger partial charge in [0, 0.05) is 57.1 Å². The summed E-state index contributed by atoms with van der Waals surface area (Å²) in [7, 11) is 2.17. The average molecular weight is 397 g/mol. The maximum Gasteiger partial charge on any atom is 0.328 e. The first-order valence-corrected chi connectivity index (χ1v) is 9.20. The number of hydrogen-bond acceptors (Lipinski definition) is 6. The number of likely N-dealkylation sites (N-methyl/N-ethyl adjacent to an activating group) is 1. The second kappa shape index (κ2) is 9.16. The Morgan fingerprint density at radius 1 is 1.03 bits per heavy atom. The number of carbonyl (C=O) groups is 2. The zero-order chi connectivity index (χ0) is 20.8. The van der Waals surface area contributed by atoms with Crippen LogP contribution in [0.1, 0.15) is 11.4 Å². The van der Waals surface area contributed by atoms with Crippen LogP contribution in [0.2, 0.25) is 0 Å². The molecule has 0 saturated carbocycles. The second-order valence-electron chi connectivity index (χ2n) is 6.73. The van der Waals surface area contributed by atoms with Crippen molar-refractivity contribution in [3.8, 4) is 0 Å². The molecular weight excluding hydrogens is 374 g/mol. The lowest BCUT2D eigenvalue weighted by atomic mass is 10.1. The molecule has 2 N–H and O–H groups in total. The highest BCUT2D eigenvalue weighted by molar-refractivity contribution is 5.89. The molecule has 3 heterocycles. The van der Waals surface area contributed by atoms with Crippen molar-refractivity contribution in [2.24, 2.45) is 4.99 Å². The summed E-state index contributed by atoms with van der Waals surface area (Å²) in [5.41, 5.74) is 2.31. The highest BCUT2D eigenvalue weighted by atomic mass is 16.4. The number of hydrogen-bond donors (Lipinski definition) is 2. The molecule has 0 aliphatic carbocycles. The van der Waals surface area contributed by atoms with Crippen LogP contribution in [0.5, 0.6) is 0 Å². The number of carboxylic acid groups (broad SMARTS) is 2. The third kappa shape index (κ3) is 5.29. The van der Waals surface area contributed by atoms with Crippen LogP contribution in [0.3, 0.4) is 0 Å². The number of aliphatic carboxylic acids is 2. The molecule has 0 unspecified atom stereocenters. The Labute approximate surface area is 168 Å². The molecule has 29 heavy (non-hydrogen) atoms. The van der Waals surface area contributed by atoms with Gasteiger partial charge in [0.15, 0.2) is 0 Å². The first kappa shape index (κ1) is 20.3. The van der Waals surface area contributed by atoms with E-state index in [4.69, 9.17) is 15.2 Å². The Balaban J connectivity index is 0.000000258. The molecule has 2 aliphatic rings. The normalized spacial score (nSPS) is 16.2. The van der Waals surface area contributed by atoms with Gasteiger partial charge in [0.2, 0.25) is 5.96 Å². The van der Waals surface area contributed by atoms with Gasteiger partial charge in [-0.05, 0) is 18.7 Å². The number of fused-ring (bicyclic) bond motifs is 2. The fourth-order valence-electron chi connectivity index (χ4n) is 3.12. The molecule has 0 atom stereocenters. The Morgan fingerprint density at radius 3 is 2.34 bits per heavy atom. The van der Waals surface area contributed by atoms with Crippen LogP contribution >= 0.6 is 0 Å². The summed E-state index contributed by atoms with van der Waals surface area (Å²) in [4.78, 5) is 33.3. The first-order chi connectivity index (χ1) is 13.9. The summed E-state index contributed by atoms with van der Waals surface area (Å²) < 4.78 is 2.14. The van der Waals surface area contributed by atoms with Crippen LogP contribution in [-0.4, -0.2) is 80.7 Å². The first-order valence-electron chi connectivity index (χ1n) is 9.20. The van der Waals surface area contributed by atoms with Crippen molar-refractivity contribution in [2.75, 3.05) is 33.2 Å². The molecule has 1 fully saturated rings. The molecule has 0 radical (unpaired) electrons. The van der Waals surface area contributed by atoms with Gasteiger partial charge in [-0.2, -0.15) is 0 Å². The van der Waals surface area contributed by atoms with Crippen molar-refractivity contribution < 1.29 is 19.8 Å². The number of aliphatic imine (C=N–C) groups is 1. The van der Waals surface area contributed by atoms with Crippen molar-refractivity contribution in [3.05, 3.63) is 60.2 Å². The van der Waals surface area contributed by atoms with Crippen LogP contribution < -0.4 is 0 Å². The number of benzene rings is 1. The monoisotopic (exact) mass is 397 g/mol. The fourth-order valence-corrected chi connectivity index (χ4v) is 3.12. The van der Waals surface area contributed by atoms with E-state index in [9.17, 15) is 9.59 Å². The van der Waals surface area contributed by atoms with Crippen molar-refractivity contribution in [1.29, 1.82) is 0 Å². The molecule has 0 spiro atoms. The summed E-state index contributed by atoms with van der Waals surface area (Å²) >= 11 is 0. The van der Waals surface area contributed by atoms with Crippen LogP contribution in [0.25, 0.3) is 0 Å². The number of aromatic nitrogens is 2. The topological polar surface area (TPSA) is 111 Å². The minimum atomic E-state index is -1.26. The van der Waals surface area contributed by atoms with Gasteiger partial charge in [0.25, 0.3) is 0 Å². The van der Waals surface area contributed by atoms with Gasteiger partial charge in [-0.15, -0.1) is 0 Å². The van der Waals surface area contributed by atoms with Crippen molar-refractivity contribution in [3.63, 3.8) is 0 Å². The van der Waals surface area contributed by atoms with Crippen LogP contribution in [0, 0.1) is 0 Å². The van der Waals surface area contributed by atoms with Gasteiger partial charge >= 0.3 is 11.9 Å². The number of piperazine rings is 1. The summed E-state index contributed by atoms with van der Waals surface area (Å²) in [6, 6.07) is 8.36. The van der Waals surface area contributed by atoms with E-state index >= 15 is 0 Å². The third-order valence-corrected chi connectivity index (χ3v) is 4.65. The van der Waals surface area contributed by atoms with Crippen molar-refractivity contribution in [2.45, 2.75) is 6.42 Å². The summed E-state index contributed by atoms with van der Waals surface area (Å²) in [5.74, 6) is -0.432.